The molecule has 5 rings (SSSR count). The highest BCUT2D eigenvalue weighted by molar-refractivity contribution is 5.87. The maximum absolute atomic E-state index is 14.0. The Morgan fingerprint density at radius 1 is 0.636 bits per heavy atom. The van der Waals surface area contributed by atoms with Crippen LogP contribution in [0.3, 0.4) is 0 Å². The normalized spacial score (nSPS) is 40.3. The summed E-state index contributed by atoms with van der Waals surface area (Å²) >= 11 is 0. The van der Waals surface area contributed by atoms with E-state index in [-0.39, 0.29) is 18.1 Å². The van der Waals surface area contributed by atoms with Gasteiger partial charge in [0.05, 0.1) is 42.4 Å². The molecular weight excluding hydrogens is 1020 g/mol. The first-order valence-electron chi connectivity index (χ1n) is 27.9. The van der Waals surface area contributed by atoms with Crippen LogP contribution in [-0.4, -0.2) is 201 Å². The van der Waals surface area contributed by atoms with E-state index in [1.54, 1.807) is 27.7 Å². The Labute approximate surface area is 452 Å². The van der Waals surface area contributed by atoms with Crippen molar-refractivity contribution in [2.45, 2.75) is 288 Å². The Balaban J connectivity index is 1.58. The molecule has 77 heavy (non-hydrogen) atoms. The molecule has 0 saturated carbocycles. The van der Waals surface area contributed by atoms with Gasteiger partial charge in [-0.05, 0) is 67.7 Å². The maximum Gasteiger partial charge on any atom is 0.333 e. The van der Waals surface area contributed by atoms with Crippen molar-refractivity contribution in [1.29, 1.82) is 0 Å². The Hall–Kier alpha value is -2.98. The predicted molar refractivity (Wildman–Crippen MR) is 269 cm³/mol. The predicted octanol–water partition coefficient (Wildman–Crippen LogP) is 2.67. The highest BCUT2D eigenvalue weighted by Gasteiger charge is 2.58. The van der Waals surface area contributed by atoms with E-state index >= 15 is 0 Å². The lowest BCUT2D eigenvalue weighted by Gasteiger charge is -2.50. The van der Waals surface area contributed by atoms with Crippen LogP contribution in [0, 0.1) is 11.8 Å². The van der Waals surface area contributed by atoms with Gasteiger partial charge in [-0.2, -0.15) is 0 Å². The molecule has 5 saturated heterocycles. The summed E-state index contributed by atoms with van der Waals surface area (Å²) in [7, 11) is 0. The lowest BCUT2D eigenvalue weighted by atomic mass is 9.95. The molecule has 0 aromatic heterocycles. The van der Waals surface area contributed by atoms with Crippen molar-refractivity contribution in [2.75, 3.05) is 6.61 Å². The van der Waals surface area contributed by atoms with Crippen molar-refractivity contribution in [3.63, 3.8) is 0 Å². The fourth-order valence-electron chi connectivity index (χ4n) is 9.75. The number of rotatable bonds is 14. The van der Waals surface area contributed by atoms with Gasteiger partial charge < -0.3 is 92.6 Å². The molecule has 7 N–H and O–H groups in total. The highest BCUT2D eigenvalue weighted by Crippen LogP contribution is 2.38. The molecular formula is C54H90O23. The van der Waals surface area contributed by atoms with Crippen LogP contribution in [0.4, 0.5) is 0 Å². The smallest absolute Gasteiger partial charge is 0.333 e. The fraction of sp³-hybridized carbons (Fsp3) is 0.889. The summed E-state index contributed by atoms with van der Waals surface area (Å²) in [4.78, 5) is 53.5. The SMILES string of the molecule is CC=C(C)C(=O)OC1C(C)OC(OC2C(C)OC3OC4C(OC(COC(=O)C(C)C(C)O)C(O)C4O)OC4C(OC(CCCCC)CCCCCCCCCC(=O)OC2C3OC(=O)C(C)C)OC(C)C(O)C4O)C(O)C1O. The fourth-order valence-corrected chi connectivity index (χ4v) is 9.75. The number of hydrogen-bond donors (Lipinski definition) is 7. The van der Waals surface area contributed by atoms with Gasteiger partial charge in [0.1, 0.15) is 67.6 Å². The third-order valence-corrected chi connectivity index (χ3v) is 15.1. The van der Waals surface area contributed by atoms with E-state index in [0.29, 0.717) is 25.7 Å². The third-order valence-electron chi connectivity index (χ3n) is 15.1. The zero-order chi connectivity index (χ0) is 56.8. The summed E-state index contributed by atoms with van der Waals surface area (Å²) in [6, 6.07) is 0. The summed E-state index contributed by atoms with van der Waals surface area (Å²) < 4.78 is 74.2. The highest BCUT2D eigenvalue weighted by atomic mass is 16.8. The van der Waals surface area contributed by atoms with Gasteiger partial charge in [0.25, 0.3) is 0 Å². The van der Waals surface area contributed by atoms with Gasteiger partial charge in [-0.3, -0.25) is 14.4 Å². The molecule has 0 aromatic rings. The Morgan fingerprint density at radius 2 is 1.23 bits per heavy atom. The van der Waals surface area contributed by atoms with E-state index < -0.39 is 171 Å². The first-order valence-corrected chi connectivity index (χ1v) is 27.9. The molecule has 0 aromatic carbocycles. The number of carbonyl (C=O) groups is 4. The topological polar surface area (TPSA) is 321 Å². The summed E-state index contributed by atoms with van der Waals surface area (Å²) in [6.07, 6.45) is -22.5. The van der Waals surface area contributed by atoms with E-state index in [2.05, 4.69) is 6.92 Å². The summed E-state index contributed by atoms with van der Waals surface area (Å²) in [6.45, 7) is 15.0. The van der Waals surface area contributed by atoms with Crippen molar-refractivity contribution in [3.8, 4) is 0 Å². The van der Waals surface area contributed by atoms with Gasteiger partial charge in [-0.15, -0.1) is 0 Å². The van der Waals surface area contributed by atoms with E-state index in [1.807, 2.05) is 0 Å². The van der Waals surface area contributed by atoms with Crippen LogP contribution in [0.25, 0.3) is 0 Å². The van der Waals surface area contributed by atoms with Gasteiger partial charge in [0, 0.05) is 12.0 Å². The molecule has 0 spiro atoms. The minimum absolute atomic E-state index is 0.0702. The number of ether oxygens (including phenoxy) is 12. The molecule has 5 fully saturated rings. The van der Waals surface area contributed by atoms with Crippen LogP contribution < -0.4 is 0 Å². The second kappa shape index (κ2) is 30.7. The van der Waals surface area contributed by atoms with Crippen molar-refractivity contribution in [1.82, 2.24) is 0 Å². The van der Waals surface area contributed by atoms with Gasteiger partial charge in [-0.1, -0.05) is 84.6 Å². The van der Waals surface area contributed by atoms with Gasteiger partial charge in [-0.25, -0.2) is 4.79 Å². The Bertz CT molecular complexity index is 1870. The Kier molecular flexibility index (Phi) is 25.9. The van der Waals surface area contributed by atoms with E-state index in [1.165, 1.54) is 40.7 Å². The minimum Gasteiger partial charge on any atom is -0.463 e. The number of esters is 4. The lowest BCUT2D eigenvalue weighted by molar-refractivity contribution is -0.399. The van der Waals surface area contributed by atoms with Crippen molar-refractivity contribution < 1.29 is 112 Å². The number of aliphatic hydroxyl groups excluding tert-OH is 7. The maximum atomic E-state index is 14.0. The van der Waals surface area contributed by atoms with E-state index in [0.717, 1.165) is 51.4 Å². The average molecular weight is 1110 g/mol. The molecule has 23 atom stereocenters. The van der Waals surface area contributed by atoms with Crippen LogP contribution in [0.2, 0.25) is 0 Å². The van der Waals surface area contributed by atoms with Crippen LogP contribution in [0.1, 0.15) is 153 Å². The molecule has 5 heterocycles. The molecule has 0 radical (unpaired) electrons. The van der Waals surface area contributed by atoms with Gasteiger partial charge >= 0.3 is 23.9 Å². The second-order valence-corrected chi connectivity index (χ2v) is 21.7. The minimum atomic E-state index is -2.02. The molecule has 0 amide bonds. The number of aliphatic hydroxyl groups is 7. The molecule has 5 aliphatic heterocycles. The first-order chi connectivity index (χ1) is 36.5. The quantitative estimate of drug-likeness (QED) is 0.0569. The average Bonchev–Trinajstić information content (AvgIpc) is 3.40. The van der Waals surface area contributed by atoms with Crippen LogP contribution in [0.5, 0.6) is 0 Å². The van der Waals surface area contributed by atoms with Crippen LogP contribution in [0.15, 0.2) is 11.6 Å². The number of carbonyl (C=O) groups excluding carboxylic acids is 4. The first kappa shape index (κ1) is 64.8. The van der Waals surface area contributed by atoms with Crippen molar-refractivity contribution in [2.24, 2.45) is 11.8 Å². The monoisotopic (exact) mass is 1110 g/mol. The third kappa shape index (κ3) is 17.5. The molecule has 23 nitrogen and oxygen atoms in total. The van der Waals surface area contributed by atoms with Gasteiger partial charge in [0.15, 0.2) is 43.5 Å². The summed E-state index contributed by atoms with van der Waals surface area (Å²) in [5, 5.41) is 79.8. The summed E-state index contributed by atoms with van der Waals surface area (Å²) in [5.74, 6) is -4.95. The lowest BCUT2D eigenvalue weighted by Crippen LogP contribution is -2.68. The van der Waals surface area contributed by atoms with Crippen molar-refractivity contribution >= 4 is 23.9 Å². The number of unbranched alkanes of at least 4 members (excludes halogenated alkanes) is 2. The second-order valence-electron chi connectivity index (χ2n) is 21.7. The van der Waals surface area contributed by atoms with Crippen LogP contribution >= 0.6 is 0 Å². The molecule has 0 aliphatic carbocycles. The summed E-state index contributed by atoms with van der Waals surface area (Å²) in [5.41, 5.74) is 0.246. The zero-order valence-corrected chi connectivity index (χ0v) is 46.5. The molecule has 23 heteroatoms. The molecule has 23 unspecified atom stereocenters. The molecule has 444 valence electrons. The number of fused-ring (bicyclic) bond motifs is 4. The molecule has 5 aliphatic rings. The largest absolute Gasteiger partial charge is 0.463 e. The standard InChI is InChI=1S/C54H90O23/c1-11-13-19-22-33-23-20-17-15-14-16-18-21-24-35(56)72-46-43(75-51-41(62)40(61)42(31(9)68-51)73-49(64)27(5)12-2)32(10)69-54(47(46)74-48(63)26(3)4)77-45-39(60)37(58)34(25-66-50(65)28(6)29(7)55)71-53(45)76-44-38(59)36(57)30(8)67-52(44)70-33/h12,26,28-34,36-47,51-55,57-62H,11,13-25H2,1-10H3. The Morgan fingerprint density at radius 3 is 1.87 bits per heavy atom. The number of hydrogen-bond acceptors (Lipinski definition) is 23. The van der Waals surface area contributed by atoms with Gasteiger partial charge in [0.2, 0.25) is 0 Å². The number of allylic oxidation sites excluding steroid dienone is 1. The molecule has 2 bridgehead atoms. The van der Waals surface area contributed by atoms with Crippen LogP contribution in [-0.2, 0) is 76.0 Å². The van der Waals surface area contributed by atoms with Crippen molar-refractivity contribution in [3.05, 3.63) is 11.6 Å². The van der Waals surface area contributed by atoms with E-state index in [4.69, 9.17) is 56.8 Å². The van der Waals surface area contributed by atoms with E-state index in [9.17, 15) is 54.9 Å². The zero-order valence-electron chi connectivity index (χ0n) is 46.5.